The highest BCUT2D eigenvalue weighted by Crippen LogP contribution is 2.55. The first-order valence-electron chi connectivity index (χ1n) is 15.1. The van der Waals surface area contributed by atoms with E-state index in [4.69, 9.17) is 4.74 Å². The predicted molar refractivity (Wildman–Crippen MR) is 158 cm³/mol. The summed E-state index contributed by atoms with van der Waals surface area (Å²) in [6.45, 7) is 8.74. The third-order valence-corrected chi connectivity index (χ3v) is 9.68. The molecule has 2 N–H and O–H groups in total. The van der Waals surface area contributed by atoms with E-state index >= 15 is 0 Å². The standard InChI is InChI=1S/C34H41N3O4/c1-20(2)24-13-15-25(16-14-24)35-31(38)28-27-17-18-34(41-27)29(28)33(40)37(19-23-11-9-21(3)10-12-23)30(34)32(39)36-26-8-6-5-7-22(26)4/h9-18,20,22,26-30H,5-8,19H2,1-4H3,(H,35,38)(H,36,39)/t22-,26+,27+,28-,29+,30+,34+/m1/s1. The monoisotopic (exact) mass is 555 g/mol. The lowest BCUT2D eigenvalue weighted by molar-refractivity contribution is -0.142. The van der Waals surface area contributed by atoms with Crippen molar-refractivity contribution in [3.05, 3.63) is 77.4 Å². The zero-order valence-corrected chi connectivity index (χ0v) is 24.4. The highest BCUT2D eigenvalue weighted by molar-refractivity contribution is 6.02. The summed E-state index contributed by atoms with van der Waals surface area (Å²) in [5.41, 5.74) is 2.77. The Kier molecular flexibility index (Phi) is 7.26. The zero-order chi connectivity index (χ0) is 28.9. The molecule has 41 heavy (non-hydrogen) atoms. The van der Waals surface area contributed by atoms with Crippen LogP contribution in [0.5, 0.6) is 0 Å². The first-order chi connectivity index (χ1) is 19.7. The lowest BCUT2D eigenvalue weighted by Gasteiger charge is -2.36. The molecule has 3 heterocycles. The van der Waals surface area contributed by atoms with Crippen molar-refractivity contribution in [2.75, 3.05) is 5.32 Å². The SMILES string of the molecule is Cc1ccc(CN2C(=O)[C@@H]3[C@H](C(=O)Nc4ccc(C(C)C)cc4)[C@@H]4C=C[C@@]3(O4)[C@@H]2C(=O)N[C@H]2CCCC[C@H]2C)cc1. The Bertz CT molecular complexity index is 1350. The van der Waals surface area contributed by atoms with Crippen molar-refractivity contribution >= 4 is 23.4 Å². The number of nitrogens with zero attached hydrogens (tertiary/aromatic N) is 1. The van der Waals surface area contributed by atoms with Crippen LogP contribution < -0.4 is 10.6 Å². The summed E-state index contributed by atoms with van der Waals surface area (Å²) in [7, 11) is 0. The summed E-state index contributed by atoms with van der Waals surface area (Å²) in [6, 6.07) is 15.0. The van der Waals surface area contributed by atoms with Gasteiger partial charge in [-0.25, -0.2) is 0 Å². The van der Waals surface area contributed by atoms with Gasteiger partial charge in [0.15, 0.2) is 0 Å². The van der Waals surface area contributed by atoms with Gasteiger partial charge in [0.05, 0.1) is 17.9 Å². The average molecular weight is 556 g/mol. The molecular formula is C34H41N3O4. The second-order valence-electron chi connectivity index (χ2n) is 12.8. The van der Waals surface area contributed by atoms with E-state index in [2.05, 4.69) is 31.4 Å². The Hall–Kier alpha value is -3.45. The summed E-state index contributed by atoms with van der Waals surface area (Å²) in [5, 5.41) is 6.32. The van der Waals surface area contributed by atoms with E-state index in [-0.39, 0.29) is 30.3 Å². The van der Waals surface area contributed by atoms with E-state index in [0.717, 1.165) is 30.4 Å². The molecular weight excluding hydrogens is 514 g/mol. The molecule has 0 aromatic heterocycles. The lowest BCUT2D eigenvalue weighted by Crippen LogP contribution is -2.57. The fourth-order valence-electron chi connectivity index (χ4n) is 7.30. The van der Waals surface area contributed by atoms with Gasteiger partial charge in [0.25, 0.3) is 0 Å². The van der Waals surface area contributed by atoms with Gasteiger partial charge in [-0.3, -0.25) is 14.4 Å². The van der Waals surface area contributed by atoms with Crippen molar-refractivity contribution < 1.29 is 19.1 Å². The van der Waals surface area contributed by atoms with Crippen molar-refractivity contribution in [1.29, 1.82) is 0 Å². The van der Waals surface area contributed by atoms with Crippen LogP contribution in [0.4, 0.5) is 5.69 Å². The maximum Gasteiger partial charge on any atom is 0.246 e. The van der Waals surface area contributed by atoms with Gasteiger partial charge < -0.3 is 20.3 Å². The number of nitrogens with one attached hydrogen (secondary N) is 2. The van der Waals surface area contributed by atoms with Gasteiger partial charge in [-0.05, 0) is 54.9 Å². The van der Waals surface area contributed by atoms with E-state index in [9.17, 15) is 14.4 Å². The second-order valence-corrected chi connectivity index (χ2v) is 12.8. The lowest BCUT2D eigenvalue weighted by atomic mass is 9.74. The van der Waals surface area contributed by atoms with E-state index in [0.29, 0.717) is 17.5 Å². The van der Waals surface area contributed by atoms with Crippen molar-refractivity contribution in [3.8, 4) is 0 Å². The topological polar surface area (TPSA) is 87.7 Å². The molecule has 2 saturated heterocycles. The summed E-state index contributed by atoms with van der Waals surface area (Å²) >= 11 is 0. The molecule has 2 aromatic rings. The Morgan fingerprint density at radius 3 is 2.41 bits per heavy atom. The van der Waals surface area contributed by atoms with Crippen LogP contribution in [0.1, 0.15) is 69.1 Å². The predicted octanol–water partition coefficient (Wildman–Crippen LogP) is 5.10. The number of carbonyl (C=O) groups is 3. The largest absolute Gasteiger partial charge is 0.359 e. The normalized spacial score (nSPS) is 31.9. The van der Waals surface area contributed by atoms with Crippen LogP contribution in [0.2, 0.25) is 0 Å². The molecule has 7 atom stereocenters. The number of hydrogen-bond acceptors (Lipinski definition) is 4. The number of carbonyl (C=O) groups excluding carboxylic acids is 3. The molecule has 4 aliphatic rings. The number of ether oxygens (including phenoxy) is 1. The fraction of sp³-hybridized carbons (Fsp3) is 0.500. The molecule has 0 radical (unpaired) electrons. The molecule has 1 saturated carbocycles. The molecule has 1 spiro atoms. The Morgan fingerprint density at radius 2 is 1.73 bits per heavy atom. The maximum atomic E-state index is 14.3. The van der Waals surface area contributed by atoms with E-state index in [1.807, 2.05) is 67.6 Å². The van der Waals surface area contributed by atoms with Crippen LogP contribution in [-0.4, -0.2) is 46.4 Å². The van der Waals surface area contributed by atoms with Crippen LogP contribution in [0.15, 0.2) is 60.7 Å². The highest BCUT2D eigenvalue weighted by Gasteiger charge is 2.72. The van der Waals surface area contributed by atoms with Gasteiger partial charge >= 0.3 is 0 Å². The van der Waals surface area contributed by atoms with Gasteiger partial charge in [0.2, 0.25) is 17.7 Å². The number of anilines is 1. The molecule has 3 aliphatic heterocycles. The molecule has 3 amide bonds. The average Bonchev–Trinajstić information content (AvgIpc) is 3.59. The molecule has 7 heteroatoms. The summed E-state index contributed by atoms with van der Waals surface area (Å²) < 4.78 is 6.52. The van der Waals surface area contributed by atoms with Crippen LogP contribution in [0, 0.1) is 24.7 Å². The van der Waals surface area contributed by atoms with Gasteiger partial charge in [-0.1, -0.05) is 87.7 Å². The number of likely N-dealkylation sites (tertiary alicyclic amines) is 1. The molecule has 1 aliphatic carbocycles. The van der Waals surface area contributed by atoms with E-state index < -0.39 is 29.6 Å². The minimum absolute atomic E-state index is 0.0681. The van der Waals surface area contributed by atoms with Crippen molar-refractivity contribution in [1.82, 2.24) is 10.2 Å². The number of benzene rings is 2. The van der Waals surface area contributed by atoms with Crippen LogP contribution in [-0.2, 0) is 25.7 Å². The van der Waals surface area contributed by atoms with E-state index in [1.165, 1.54) is 12.0 Å². The summed E-state index contributed by atoms with van der Waals surface area (Å²) in [6.07, 6.45) is 7.46. The smallest absolute Gasteiger partial charge is 0.246 e. The summed E-state index contributed by atoms with van der Waals surface area (Å²) in [5.74, 6) is -1.37. The molecule has 2 bridgehead atoms. The third kappa shape index (κ3) is 4.88. The van der Waals surface area contributed by atoms with Crippen LogP contribution >= 0.6 is 0 Å². The van der Waals surface area contributed by atoms with Crippen molar-refractivity contribution in [2.24, 2.45) is 17.8 Å². The van der Waals surface area contributed by atoms with Gasteiger partial charge in [-0.2, -0.15) is 0 Å². The molecule has 7 nitrogen and oxygen atoms in total. The highest BCUT2D eigenvalue weighted by atomic mass is 16.5. The van der Waals surface area contributed by atoms with Gasteiger partial charge in [0.1, 0.15) is 11.6 Å². The second kappa shape index (κ2) is 10.8. The first kappa shape index (κ1) is 27.7. The minimum Gasteiger partial charge on any atom is -0.359 e. The number of hydrogen-bond donors (Lipinski definition) is 2. The number of rotatable bonds is 7. The first-order valence-corrected chi connectivity index (χ1v) is 15.1. The Labute approximate surface area is 242 Å². The molecule has 216 valence electrons. The Morgan fingerprint density at radius 1 is 1.02 bits per heavy atom. The number of fused-ring (bicyclic) bond motifs is 1. The van der Waals surface area contributed by atoms with E-state index in [1.54, 1.807) is 4.90 Å². The van der Waals surface area contributed by atoms with Gasteiger partial charge in [0, 0.05) is 18.3 Å². The fourth-order valence-corrected chi connectivity index (χ4v) is 7.30. The number of amides is 3. The zero-order valence-electron chi connectivity index (χ0n) is 24.4. The maximum absolute atomic E-state index is 14.3. The van der Waals surface area contributed by atoms with Crippen molar-refractivity contribution in [3.63, 3.8) is 0 Å². The molecule has 0 unspecified atom stereocenters. The van der Waals surface area contributed by atoms with Crippen LogP contribution in [0.3, 0.4) is 0 Å². The number of aryl methyl sites for hydroxylation is 1. The minimum atomic E-state index is -1.17. The summed E-state index contributed by atoms with van der Waals surface area (Å²) in [4.78, 5) is 43.8. The molecule has 2 aromatic carbocycles. The van der Waals surface area contributed by atoms with Crippen molar-refractivity contribution in [2.45, 2.75) is 89.6 Å². The molecule has 6 rings (SSSR count). The quantitative estimate of drug-likeness (QED) is 0.465. The van der Waals surface area contributed by atoms with Crippen LogP contribution in [0.25, 0.3) is 0 Å². The molecule has 3 fully saturated rings. The van der Waals surface area contributed by atoms with Gasteiger partial charge in [-0.15, -0.1) is 0 Å². The third-order valence-electron chi connectivity index (χ3n) is 9.68. The Balaban J connectivity index is 1.30.